The Morgan fingerprint density at radius 2 is 2.22 bits per heavy atom. The van der Waals surface area contributed by atoms with Gasteiger partial charge in [0.05, 0.1) is 7.11 Å². The standard InChI is InChI=1S/C15H23NO2/c1-3-13-6-4-5-9-16(13)11-12-7-8-14(18-2)10-15(12)17/h7-8,10,13,17H,3-6,9,11H2,1-2H3. The van der Waals surface area contributed by atoms with Crippen LogP contribution in [-0.4, -0.2) is 29.7 Å². The van der Waals surface area contributed by atoms with Gasteiger partial charge in [0.15, 0.2) is 0 Å². The van der Waals surface area contributed by atoms with Crippen molar-refractivity contribution in [1.29, 1.82) is 0 Å². The minimum Gasteiger partial charge on any atom is -0.507 e. The van der Waals surface area contributed by atoms with Crippen LogP contribution in [0.3, 0.4) is 0 Å². The fourth-order valence-corrected chi connectivity index (χ4v) is 2.75. The highest BCUT2D eigenvalue weighted by atomic mass is 16.5. The van der Waals surface area contributed by atoms with Crippen LogP contribution >= 0.6 is 0 Å². The lowest BCUT2D eigenvalue weighted by molar-refractivity contribution is 0.135. The lowest BCUT2D eigenvalue weighted by atomic mass is 9.99. The molecule has 0 spiro atoms. The number of aromatic hydroxyl groups is 1. The first-order valence-corrected chi connectivity index (χ1v) is 6.84. The average molecular weight is 249 g/mol. The van der Waals surface area contributed by atoms with Crippen molar-refractivity contribution < 1.29 is 9.84 Å². The Bertz CT molecular complexity index is 392. The van der Waals surface area contributed by atoms with Gasteiger partial charge in [0.25, 0.3) is 0 Å². The van der Waals surface area contributed by atoms with Crippen molar-refractivity contribution in [3.63, 3.8) is 0 Å². The van der Waals surface area contributed by atoms with Gasteiger partial charge in [-0.2, -0.15) is 0 Å². The first-order chi connectivity index (χ1) is 8.74. The second-order valence-electron chi connectivity index (χ2n) is 5.02. The molecule has 18 heavy (non-hydrogen) atoms. The van der Waals surface area contributed by atoms with Crippen molar-refractivity contribution >= 4 is 0 Å². The molecule has 1 aliphatic heterocycles. The third-order valence-electron chi connectivity index (χ3n) is 3.89. The van der Waals surface area contributed by atoms with Crippen LogP contribution in [-0.2, 0) is 6.54 Å². The molecule has 100 valence electrons. The summed E-state index contributed by atoms with van der Waals surface area (Å²) in [7, 11) is 1.62. The van der Waals surface area contributed by atoms with Crippen molar-refractivity contribution in [2.24, 2.45) is 0 Å². The van der Waals surface area contributed by atoms with E-state index in [0.29, 0.717) is 17.5 Å². The summed E-state index contributed by atoms with van der Waals surface area (Å²) in [5, 5.41) is 10.0. The average Bonchev–Trinajstić information content (AvgIpc) is 2.41. The topological polar surface area (TPSA) is 32.7 Å². The molecule has 1 saturated heterocycles. The largest absolute Gasteiger partial charge is 0.507 e. The number of piperidine rings is 1. The SMILES string of the molecule is CCC1CCCCN1Cc1ccc(OC)cc1O. The first-order valence-electron chi connectivity index (χ1n) is 6.84. The molecule has 0 aliphatic carbocycles. The van der Waals surface area contributed by atoms with Gasteiger partial charge in [0.1, 0.15) is 11.5 Å². The quantitative estimate of drug-likeness (QED) is 0.889. The third kappa shape index (κ3) is 2.96. The summed E-state index contributed by atoms with van der Waals surface area (Å²) in [6.07, 6.45) is 5.08. The number of hydrogen-bond donors (Lipinski definition) is 1. The third-order valence-corrected chi connectivity index (χ3v) is 3.89. The Morgan fingerprint density at radius 1 is 1.39 bits per heavy atom. The van der Waals surface area contributed by atoms with Gasteiger partial charge in [-0.1, -0.05) is 19.4 Å². The van der Waals surface area contributed by atoms with E-state index in [2.05, 4.69) is 11.8 Å². The maximum absolute atomic E-state index is 10.0. The molecular weight excluding hydrogens is 226 g/mol. The zero-order valence-electron chi connectivity index (χ0n) is 11.4. The highest BCUT2D eigenvalue weighted by molar-refractivity contribution is 5.39. The van der Waals surface area contributed by atoms with Crippen LogP contribution in [0.1, 0.15) is 38.2 Å². The molecular formula is C15H23NO2. The van der Waals surface area contributed by atoms with Crippen LogP contribution in [0.5, 0.6) is 11.5 Å². The van der Waals surface area contributed by atoms with Crippen LogP contribution in [0, 0.1) is 0 Å². The Labute approximate surface area is 109 Å². The van der Waals surface area contributed by atoms with Crippen molar-refractivity contribution in [2.75, 3.05) is 13.7 Å². The van der Waals surface area contributed by atoms with Gasteiger partial charge in [0, 0.05) is 24.2 Å². The van der Waals surface area contributed by atoms with E-state index in [1.807, 2.05) is 12.1 Å². The van der Waals surface area contributed by atoms with Crippen molar-refractivity contribution in [2.45, 2.75) is 45.2 Å². The number of ether oxygens (including phenoxy) is 1. The second kappa shape index (κ2) is 6.10. The molecule has 1 fully saturated rings. The van der Waals surface area contributed by atoms with Gasteiger partial charge in [-0.05, 0) is 31.9 Å². The van der Waals surface area contributed by atoms with Crippen LogP contribution in [0.15, 0.2) is 18.2 Å². The first kappa shape index (κ1) is 13.2. The van der Waals surface area contributed by atoms with Gasteiger partial charge >= 0.3 is 0 Å². The molecule has 3 nitrogen and oxygen atoms in total. The summed E-state index contributed by atoms with van der Waals surface area (Å²) in [4.78, 5) is 2.49. The van der Waals surface area contributed by atoms with E-state index in [1.165, 1.54) is 25.7 Å². The molecule has 1 aromatic carbocycles. The van der Waals surface area contributed by atoms with Crippen molar-refractivity contribution in [1.82, 2.24) is 4.90 Å². The Hall–Kier alpha value is -1.22. The minimum atomic E-state index is 0.342. The van der Waals surface area contributed by atoms with Gasteiger partial charge in [-0.3, -0.25) is 4.90 Å². The highest BCUT2D eigenvalue weighted by Crippen LogP contribution is 2.27. The predicted molar refractivity (Wildman–Crippen MR) is 73.0 cm³/mol. The molecule has 1 N–H and O–H groups in total. The Balaban J connectivity index is 2.07. The fourth-order valence-electron chi connectivity index (χ4n) is 2.75. The summed E-state index contributed by atoms with van der Waals surface area (Å²) < 4.78 is 5.11. The molecule has 3 heteroatoms. The summed E-state index contributed by atoms with van der Waals surface area (Å²) in [5.74, 6) is 1.05. The van der Waals surface area contributed by atoms with Gasteiger partial charge < -0.3 is 9.84 Å². The summed E-state index contributed by atoms with van der Waals surface area (Å²) >= 11 is 0. The summed E-state index contributed by atoms with van der Waals surface area (Å²) in [6.45, 7) is 4.23. The number of likely N-dealkylation sites (tertiary alicyclic amines) is 1. The van der Waals surface area contributed by atoms with Crippen LogP contribution in [0.2, 0.25) is 0 Å². The molecule has 1 unspecified atom stereocenters. The number of phenols is 1. The maximum atomic E-state index is 10.0. The predicted octanol–water partition coefficient (Wildman–Crippen LogP) is 3.17. The molecule has 0 aromatic heterocycles. The van der Waals surface area contributed by atoms with Crippen LogP contribution in [0.4, 0.5) is 0 Å². The molecule has 1 aromatic rings. The Kier molecular flexibility index (Phi) is 4.48. The van der Waals surface area contributed by atoms with E-state index >= 15 is 0 Å². The number of benzene rings is 1. The lowest BCUT2D eigenvalue weighted by Crippen LogP contribution is -2.38. The van der Waals surface area contributed by atoms with E-state index in [9.17, 15) is 5.11 Å². The zero-order valence-corrected chi connectivity index (χ0v) is 11.4. The number of rotatable bonds is 4. The number of nitrogens with zero attached hydrogens (tertiary/aromatic N) is 1. The van der Waals surface area contributed by atoms with E-state index < -0.39 is 0 Å². The van der Waals surface area contributed by atoms with Crippen LogP contribution < -0.4 is 4.74 Å². The van der Waals surface area contributed by atoms with Gasteiger partial charge in [-0.25, -0.2) is 0 Å². The fraction of sp³-hybridized carbons (Fsp3) is 0.600. The molecule has 2 rings (SSSR count). The smallest absolute Gasteiger partial charge is 0.123 e. The molecule has 0 amide bonds. The molecule has 1 heterocycles. The second-order valence-corrected chi connectivity index (χ2v) is 5.02. The molecule has 1 aliphatic rings. The Morgan fingerprint density at radius 3 is 2.89 bits per heavy atom. The number of phenolic OH excluding ortho intramolecular Hbond substituents is 1. The zero-order chi connectivity index (χ0) is 13.0. The number of hydrogen-bond acceptors (Lipinski definition) is 3. The summed E-state index contributed by atoms with van der Waals surface area (Å²) in [6, 6.07) is 6.25. The maximum Gasteiger partial charge on any atom is 0.123 e. The summed E-state index contributed by atoms with van der Waals surface area (Å²) in [5.41, 5.74) is 0.996. The van der Waals surface area contributed by atoms with E-state index in [0.717, 1.165) is 18.7 Å². The molecule has 0 bridgehead atoms. The van der Waals surface area contributed by atoms with Gasteiger partial charge in [0.2, 0.25) is 0 Å². The van der Waals surface area contributed by atoms with Gasteiger partial charge in [-0.15, -0.1) is 0 Å². The molecule has 0 saturated carbocycles. The van der Waals surface area contributed by atoms with Crippen LogP contribution in [0.25, 0.3) is 0 Å². The molecule has 0 radical (unpaired) electrons. The van der Waals surface area contributed by atoms with Crippen molar-refractivity contribution in [3.05, 3.63) is 23.8 Å². The molecule has 1 atom stereocenters. The van der Waals surface area contributed by atoms with E-state index in [4.69, 9.17) is 4.74 Å². The van der Waals surface area contributed by atoms with E-state index in [1.54, 1.807) is 13.2 Å². The normalized spacial score (nSPS) is 20.9. The monoisotopic (exact) mass is 249 g/mol. The lowest BCUT2D eigenvalue weighted by Gasteiger charge is -2.35. The minimum absolute atomic E-state index is 0.342. The highest BCUT2D eigenvalue weighted by Gasteiger charge is 2.21. The number of methoxy groups -OCH3 is 1. The van der Waals surface area contributed by atoms with E-state index in [-0.39, 0.29) is 0 Å². The van der Waals surface area contributed by atoms with Crippen molar-refractivity contribution in [3.8, 4) is 11.5 Å².